The lowest BCUT2D eigenvalue weighted by Crippen LogP contribution is -2.34. The maximum atomic E-state index is 9.24. The molecule has 3 heterocycles. The highest BCUT2D eigenvalue weighted by atomic mass is 16.5. The summed E-state index contributed by atoms with van der Waals surface area (Å²) >= 11 is 0. The first-order chi connectivity index (χ1) is 11.7. The second-order valence-corrected chi connectivity index (χ2v) is 7.35. The summed E-state index contributed by atoms with van der Waals surface area (Å²) in [5.41, 5.74) is 1.19. The summed E-state index contributed by atoms with van der Waals surface area (Å²) in [6, 6.07) is 4.69. The molecule has 2 saturated heterocycles. The van der Waals surface area contributed by atoms with Gasteiger partial charge in [0.05, 0.1) is 11.9 Å². The summed E-state index contributed by atoms with van der Waals surface area (Å²) in [7, 11) is 0. The molecule has 1 aromatic heterocycles. The van der Waals surface area contributed by atoms with Crippen LogP contribution in [0.1, 0.15) is 39.0 Å². The largest absolute Gasteiger partial charge is 0.396 e. The molecule has 5 heteroatoms. The summed E-state index contributed by atoms with van der Waals surface area (Å²) in [4.78, 5) is 6.97. The Hall–Kier alpha value is -1.33. The standard InChI is InChI=1S/C19H31N3O2/c1-15(12-16-6-10-24-11-7-16)21-19-3-2-18(13-20-19)22-8-4-17(14-23)5-9-22/h2-3,13,15-17,23H,4-12,14H2,1H3,(H,20,21)/t15-/m0/s1. The minimum atomic E-state index is 0.319. The average Bonchev–Trinajstić information content (AvgIpc) is 2.63. The molecule has 0 spiro atoms. The van der Waals surface area contributed by atoms with Crippen LogP contribution >= 0.6 is 0 Å². The highest BCUT2D eigenvalue weighted by Gasteiger charge is 2.19. The second kappa shape index (κ2) is 8.67. The fraction of sp³-hybridized carbons (Fsp3) is 0.737. The summed E-state index contributed by atoms with van der Waals surface area (Å²) in [6.07, 6.45) is 7.66. The lowest BCUT2D eigenvalue weighted by molar-refractivity contribution is 0.0629. The normalized spacial score (nSPS) is 21.7. The minimum absolute atomic E-state index is 0.319. The average molecular weight is 333 g/mol. The number of hydrogen-bond acceptors (Lipinski definition) is 5. The summed E-state index contributed by atoms with van der Waals surface area (Å²) in [6.45, 7) is 6.42. The first kappa shape index (κ1) is 17.5. The van der Waals surface area contributed by atoms with E-state index in [-0.39, 0.29) is 0 Å². The maximum Gasteiger partial charge on any atom is 0.126 e. The van der Waals surface area contributed by atoms with Gasteiger partial charge in [-0.25, -0.2) is 4.98 Å². The number of ether oxygens (including phenoxy) is 1. The fourth-order valence-electron chi connectivity index (χ4n) is 3.83. The zero-order chi connectivity index (χ0) is 16.8. The number of pyridine rings is 1. The molecule has 1 atom stereocenters. The van der Waals surface area contributed by atoms with Gasteiger partial charge in [0, 0.05) is 39.0 Å². The Morgan fingerprint density at radius 3 is 2.58 bits per heavy atom. The molecule has 134 valence electrons. The van der Waals surface area contributed by atoms with Gasteiger partial charge in [-0.3, -0.25) is 0 Å². The third-order valence-corrected chi connectivity index (χ3v) is 5.41. The molecule has 0 bridgehead atoms. The van der Waals surface area contributed by atoms with Crippen molar-refractivity contribution in [1.82, 2.24) is 4.98 Å². The third kappa shape index (κ3) is 4.84. The van der Waals surface area contributed by atoms with Gasteiger partial charge in [0.15, 0.2) is 0 Å². The van der Waals surface area contributed by atoms with E-state index in [0.29, 0.717) is 18.6 Å². The Balaban J connectivity index is 1.47. The van der Waals surface area contributed by atoms with Crippen LogP contribution in [0.3, 0.4) is 0 Å². The number of aromatic nitrogens is 1. The van der Waals surface area contributed by atoms with Gasteiger partial charge in [0.25, 0.3) is 0 Å². The number of aliphatic hydroxyl groups excluding tert-OH is 1. The number of hydrogen-bond donors (Lipinski definition) is 2. The van der Waals surface area contributed by atoms with Crippen LogP contribution in [0, 0.1) is 11.8 Å². The predicted octanol–water partition coefficient (Wildman–Crippen LogP) is 2.91. The van der Waals surface area contributed by atoms with E-state index in [2.05, 4.69) is 34.3 Å². The van der Waals surface area contributed by atoms with Gasteiger partial charge in [-0.2, -0.15) is 0 Å². The zero-order valence-electron chi connectivity index (χ0n) is 14.8. The fourth-order valence-corrected chi connectivity index (χ4v) is 3.83. The molecule has 5 nitrogen and oxygen atoms in total. The van der Waals surface area contributed by atoms with E-state index in [0.717, 1.165) is 50.9 Å². The SMILES string of the molecule is C[C@@H](CC1CCOCC1)Nc1ccc(N2CCC(CO)CC2)cn1. The van der Waals surface area contributed by atoms with Crippen LogP contribution in [-0.2, 0) is 4.74 Å². The number of nitrogens with one attached hydrogen (secondary N) is 1. The molecule has 24 heavy (non-hydrogen) atoms. The monoisotopic (exact) mass is 333 g/mol. The molecule has 0 saturated carbocycles. The van der Waals surface area contributed by atoms with Crippen LogP contribution in [0.5, 0.6) is 0 Å². The molecule has 0 aliphatic carbocycles. The molecule has 2 fully saturated rings. The summed E-state index contributed by atoms with van der Waals surface area (Å²) < 4.78 is 5.43. The predicted molar refractivity (Wildman–Crippen MR) is 97.5 cm³/mol. The van der Waals surface area contributed by atoms with Crippen LogP contribution in [0.15, 0.2) is 18.3 Å². The molecule has 0 amide bonds. The number of nitrogens with zero attached hydrogens (tertiary/aromatic N) is 2. The van der Waals surface area contributed by atoms with Gasteiger partial charge >= 0.3 is 0 Å². The summed E-state index contributed by atoms with van der Waals surface area (Å²) in [5, 5.41) is 12.8. The van der Waals surface area contributed by atoms with Gasteiger partial charge < -0.3 is 20.1 Å². The van der Waals surface area contributed by atoms with Crippen molar-refractivity contribution in [2.75, 3.05) is 43.1 Å². The topological polar surface area (TPSA) is 57.6 Å². The van der Waals surface area contributed by atoms with E-state index in [9.17, 15) is 5.11 Å². The van der Waals surface area contributed by atoms with Crippen molar-refractivity contribution in [3.63, 3.8) is 0 Å². The first-order valence-electron chi connectivity index (χ1n) is 9.40. The highest BCUT2D eigenvalue weighted by Crippen LogP contribution is 2.24. The van der Waals surface area contributed by atoms with Crippen molar-refractivity contribution in [2.24, 2.45) is 11.8 Å². The van der Waals surface area contributed by atoms with Crippen molar-refractivity contribution in [3.05, 3.63) is 18.3 Å². The van der Waals surface area contributed by atoms with Crippen molar-refractivity contribution < 1.29 is 9.84 Å². The molecular formula is C19H31N3O2. The van der Waals surface area contributed by atoms with Gasteiger partial charge in [0.1, 0.15) is 5.82 Å². The van der Waals surface area contributed by atoms with Gasteiger partial charge in [0.2, 0.25) is 0 Å². The quantitative estimate of drug-likeness (QED) is 0.838. The molecular weight excluding hydrogens is 302 g/mol. The maximum absolute atomic E-state index is 9.24. The molecule has 2 N–H and O–H groups in total. The molecule has 1 aromatic rings. The first-order valence-corrected chi connectivity index (χ1v) is 9.40. The zero-order valence-corrected chi connectivity index (χ0v) is 14.8. The van der Waals surface area contributed by atoms with Crippen LogP contribution in [0.4, 0.5) is 11.5 Å². The van der Waals surface area contributed by atoms with Crippen LogP contribution < -0.4 is 10.2 Å². The van der Waals surface area contributed by atoms with E-state index < -0.39 is 0 Å². The van der Waals surface area contributed by atoms with Crippen molar-refractivity contribution in [2.45, 2.75) is 45.1 Å². The second-order valence-electron chi connectivity index (χ2n) is 7.35. The van der Waals surface area contributed by atoms with Crippen molar-refractivity contribution >= 4 is 11.5 Å². The van der Waals surface area contributed by atoms with E-state index in [1.54, 1.807) is 0 Å². The lowest BCUT2D eigenvalue weighted by atomic mass is 9.93. The van der Waals surface area contributed by atoms with Gasteiger partial charge in [-0.15, -0.1) is 0 Å². The summed E-state index contributed by atoms with van der Waals surface area (Å²) in [5.74, 6) is 2.21. The van der Waals surface area contributed by atoms with E-state index in [4.69, 9.17) is 4.74 Å². The number of rotatable bonds is 6. The molecule has 2 aliphatic heterocycles. The molecule has 0 radical (unpaired) electrons. The Morgan fingerprint density at radius 2 is 1.96 bits per heavy atom. The Labute approximate surface area is 145 Å². The lowest BCUT2D eigenvalue weighted by Gasteiger charge is -2.32. The number of aliphatic hydroxyl groups is 1. The Morgan fingerprint density at radius 1 is 1.21 bits per heavy atom. The van der Waals surface area contributed by atoms with E-state index in [1.807, 2.05) is 6.20 Å². The van der Waals surface area contributed by atoms with E-state index in [1.165, 1.54) is 24.9 Å². The van der Waals surface area contributed by atoms with Crippen LogP contribution in [-0.4, -0.2) is 49.0 Å². The van der Waals surface area contributed by atoms with Crippen LogP contribution in [0.25, 0.3) is 0 Å². The van der Waals surface area contributed by atoms with Gasteiger partial charge in [-0.1, -0.05) is 0 Å². The highest BCUT2D eigenvalue weighted by molar-refractivity contribution is 5.50. The molecule has 0 aromatic carbocycles. The number of piperidine rings is 1. The van der Waals surface area contributed by atoms with Gasteiger partial charge in [-0.05, 0) is 63.0 Å². The minimum Gasteiger partial charge on any atom is -0.396 e. The molecule has 3 rings (SSSR count). The van der Waals surface area contributed by atoms with E-state index >= 15 is 0 Å². The third-order valence-electron chi connectivity index (χ3n) is 5.41. The Bertz CT molecular complexity index is 480. The molecule has 2 aliphatic rings. The van der Waals surface area contributed by atoms with Crippen molar-refractivity contribution in [3.8, 4) is 0 Å². The smallest absolute Gasteiger partial charge is 0.126 e. The molecule has 0 unspecified atom stereocenters. The Kier molecular flexibility index (Phi) is 6.32. The van der Waals surface area contributed by atoms with Crippen LogP contribution in [0.2, 0.25) is 0 Å². The number of anilines is 2. The van der Waals surface area contributed by atoms with Crippen molar-refractivity contribution in [1.29, 1.82) is 0 Å².